The highest BCUT2D eigenvalue weighted by Gasteiger charge is 2.35. The molecule has 0 saturated carbocycles. The molecule has 46 heavy (non-hydrogen) atoms. The van der Waals surface area contributed by atoms with Gasteiger partial charge in [0.15, 0.2) is 0 Å². The Hall–Kier alpha value is -5.40. The SMILES string of the molecule is CC1c2ccc(-c3ccc4c(c3)c3ccccc3n4-c3ccccc3)cc2C2=C(CCC=C2)C1c1ccccc1-c1ccccc1. The van der Waals surface area contributed by atoms with E-state index in [0.29, 0.717) is 11.8 Å². The van der Waals surface area contributed by atoms with E-state index in [1.807, 2.05) is 0 Å². The summed E-state index contributed by atoms with van der Waals surface area (Å²) in [7, 11) is 0. The van der Waals surface area contributed by atoms with Gasteiger partial charge in [0.05, 0.1) is 11.0 Å². The lowest BCUT2D eigenvalue weighted by Crippen LogP contribution is -2.20. The van der Waals surface area contributed by atoms with Crippen molar-refractivity contribution < 1.29 is 0 Å². The van der Waals surface area contributed by atoms with E-state index in [1.54, 1.807) is 5.57 Å². The van der Waals surface area contributed by atoms with Crippen LogP contribution in [0.5, 0.6) is 0 Å². The van der Waals surface area contributed by atoms with Crippen molar-refractivity contribution >= 4 is 27.4 Å². The Morgan fingerprint density at radius 2 is 1.24 bits per heavy atom. The first-order valence-corrected chi connectivity index (χ1v) is 16.5. The molecular formula is C45H35N. The second-order valence-corrected chi connectivity index (χ2v) is 12.8. The van der Waals surface area contributed by atoms with Gasteiger partial charge in [-0.1, -0.05) is 134 Å². The molecule has 0 aliphatic heterocycles. The summed E-state index contributed by atoms with van der Waals surface area (Å²) in [5.74, 6) is 0.737. The van der Waals surface area contributed by atoms with Crippen LogP contribution < -0.4 is 0 Å². The number of para-hydroxylation sites is 2. The number of hydrogen-bond donors (Lipinski definition) is 0. The Bertz CT molecular complexity index is 2320. The molecule has 2 atom stereocenters. The van der Waals surface area contributed by atoms with Crippen LogP contribution in [0.4, 0.5) is 0 Å². The van der Waals surface area contributed by atoms with Crippen LogP contribution >= 0.6 is 0 Å². The van der Waals surface area contributed by atoms with Crippen LogP contribution in [0.1, 0.15) is 48.3 Å². The average molecular weight is 590 g/mol. The van der Waals surface area contributed by atoms with E-state index < -0.39 is 0 Å². The second-order valence-electron chi connectivity index (χ2n) is 12.8. The summed E-state index contributed by atoms with van der Waals surface area (Å²) in [5.41, 5.74) is 16.2. The minimum atomic E-state index is 0.357. The Balaban J connectivity index is 1.19. The van der Waals surface area contributed by atoms with Crippen LogP contribution in [0.3, 0.4) is 0 Å². The summed E-state index contributed by atoms with van der Waals surface area (Å²) < 4.78 is 2.39. The summed E-state index contributed by atoms with van der Waals surface area (Å²) in [6.07, 6.45) is 6.99. The van der Waals surface area contributed by atoms with Gasteiger partial charge in [-0.2, -0.15) is 0 Å². The summed E-state index contributed by atoms with van der Waals surface area (Å²) in [6.45, 7) is 2.44. The maximum atomic E-state index is 2.47. The fourth-order valence-electron chi connectivity index (χ4n) is 8.23. The minimum Gasteiger partial charge on any atom is -0.309 e. The molecular weight excluding hydrogens is 555 g/mol. The minimum absolute atomic E-state index is 0.357. The van der Waals surface area contributed by atoms with Gasteiger partial charge in [0.1, 0.15) is 0 Å². The highest BCUT2D eigenvalue weighted by atomic mass is 15.0. The normalized spacial score (nSPS) is 17.3. The number of nitrogens with zero attached hydrogens (tertiary/aromatic N) is 1. The highest BCUT2D eigenvalue weighted by Crippen LogP contribution is 2.53. The smallest absolute Gasteiger partial charge is 0.0541 e. The molecule has 7 aromatic rings. The second kappa shape index (κ2) is 10.9. The molecule has 0 fully saturated rings. The first-order valence-electron chi connectivity index (χ1n) is 16.5. The van der Waals surface area contributed by atoms with Gasteiger partial charge in [-0.3, -0.25) is 0 Å². The molecule has 0 bridgehead atoms. The Kier molecular flexibility index (Phi) is 6.38. The van der Waals surface area contributed by atoms with E-state index in [4.69, 9.17) is 0 Å². The number of benzene rings is 6. The van der Waals surface area contributed by atoms with Gasteiger partial charge in [0, 0.05) is 22.4 Å². The molecule has 0 N–H and O–H groups in total. The molecule has 0 saturated heterocycles. The number of rotatable bonds is 4. The first-order chi connectivity index (χ1) is 22.8. The predicted molar refractivity (Wildman–Crippen MR) is 195 cm³/mol. The zero-order valence-electron chi connectivity index (χ0n) is 26.0. The summed E-state index contributed by atoms with van der Waals surface area (Å²) >= 11 is 0. The fourth-order valence-corrected chi connectivity index (χ4v) is 8.23. The summed E-state index contributed by atoms with van der Waals surface area (Å²) in [4.78, 5) is 0. The third-order valence-electron chi connectivity index (χ3n) is 10.3. The largest absolute Gasteiger partial charge is 0.309 e. The zero-order valence-corrected chi connectivity index (χ0v) is 26.0. The number of fused-ring (bicyclic) bond motifs is 5. The van der Waals surface area contributed by atoms with Crippen molar-refractivity contribution in [3.8, 4) is 27.9 Å². The number of hydrogen-bond acceptors (Lipinski definition) is 0. The van der Waals surface area contributed by atoms with Gasteiger partial charge in [-0.05, 0) is 99.7 Å². The van der Waals surface area contributed by atoms with Gasteiger partial charge < -0.3 is 4.57 Å². The maximum absolute atomic E-state index is 2.47. The standard InChI is InChI=1S/C45H35N/c1-30-35-26-24-32(33-25-27-44-42(29-33)38-20-12-13-23-43(38)46(44)34-16-6-3-7-17-34)28-41(35)37-19-9-11-22-40(37)45(30)39-21-10-8-18-36(39)31-14-4-2-5-15-31/h2-10,12-21,23-30,45H,11,22H2,1H3. The van der Waals surface area contributed by atoms with Crippen molar-refractivity contribution in [2.45, 2.75) is 31.6 Å². The lowest BCUT2D eigenvalue weighted by atomic mass is 9.66. The van der Waals surface area contributed by atoms with E-state index in [1.165, 1.54) is 72.0 Å². The molecule has 1 nitrogen and oxygen atoms in total. The quantitative estimate of drug-likeness (QED) is 0.192. The highest BCUT2D eigenvalue weighted by molar-refractivity contribution is 6.10. The number of allylic oxidation sites excluding steroid dienone is 4. The molecule has 1 heterocycles. The van der Waals surface area contributed by atoms with Crippen LogP contribution in [-0.4, -0.2) is 4.57 Å². The number of aromatic nitrogens is 1. The third kappa shape index (κ3) is 4.23. The van der Waals surface area contributed by atoms with Crippen molar-refractivity contribution in [1.29, 1.82) is 0 Å². The Morgan fingerprint density at radius 3 is 2.11 bits per heavy atom. The van der Waals surface area contributed by atoms with Crippen LogP contribution in [0.15, 0.2) is 163 Å². The molecule has 220 valence electrons. The molecule has 1 aromatic heterocycles. The van der Waals surface area contributed by atoms with Crippen LogP contribution in [0, 0.1) is 0 Å². The van der Waals surface area contributed by atoms with E-state index in [-0.39, 0.29) is 0 Å². The van der Waals surface area contributed by atoms with Crippen LogP contribution in [0.25, 0.3) is 55.3 Å². The lowest BCUT2D eigenvalue weighted by molar-refractivity contribution is 0.612. The lowest BCUT2D eigenvalue weighted by Gasteiger charge is -2.38. The van der Waals surface area contributed by atoms with Gasteiger partial charge in [-0.25, -0.2) is 0 Å². The van der Waals surface area contributed by atoms with Crippen LogP contribution in [-0.2, 0) is 0 Å². The van der Waals surface area contributed by atoms with Gasteiger partial charge >= 0.3 is 0 Å². The van der Waals surface area contributed by atoms with Gasteiger partial charge in [0.25, 0.3) is 0 Å². The maximum Gasteiger partial charge on any atom is 0.0541 e. The molecule has 2 unspecified atom stereocenters. The molecule has 2 aliphatic carbocycles. The molecule has 2 aliphatic rings. The molecule has 6 aromatic carbocycles. The third-order valence-corrected chi connectivity index (χ3v) is 10.3. The Labute approximate surface area is 270 Å². The van der Waals surface area contributed by atoms with Crippen molar-refractivity contribution in [3.05, 3.63) is 180 Å². The van der Waals surface area contributed by atoms with Crippen molar-refractivity contribution in [2.75, 3.05) is 0 Å². The molecule has 0 spiro atoms. The van der Waals surface area contributed by atoms with E-state index in [9.17, 15) is 0 Å². The first kappa shape index (κ1) is 27.0. The van der Waals surface area contributed by atoms with Crippen molar-refractivity contribution in [2.24, 2.45) is 0 Å². The van der Waals surface area contributed by atoms with E-state index >= 15 is 0 Å². The molecule has 0 radical (unpaired) electrons. The predicted octanol–water partition coefficient (Wildman–Crippen LogP) is 12.1. The fraction of sp³-hybridized carbons (Fsp3) is 0.111. The van der Waals surface area contributed by atoms with Gasteiger partial charge in [0.2, 0.25) is 0 Å². The van der Waals surface area contributed by atoms with Crippen LogP contribution in [0.2, 0.25) is 0 Å². The van der Waals surface area contributed by atoms with Crippen molar-refractivity contribution in [3.63, 3.8) is 0 Å². The zero-order chi connectivity index (χ0) is 30.6. The van der Waals surface area contributed by atoms with Crippen molar-refractivity contribution in [1.82, 2.24) is 4.57 Å². The monoisotopic (exact) mass is 589 g/mol. The average Bonchev–Trinajstić information content (AvgIpc) is 3.46. The molecule has 1 heteroatoms. The molecule has 0 amide bonds. The van der Waals surface area contributed by atoms with E-state index in [0.717, 1.165) is 12.8 Å². The summed E-state index contributed by atoms with van der Waals surface area (Å²) in [6, 6.07) is 53.7. The Morgan fingerprint density at radius 1 is 0.543 bits per heavy atom. The topological polar surface area (TPSA) is 4.93 Å². The van der Waals surface area contributed by atoms with Gasteiger partial charge in [-0.15, -0.1) is 0 Å². The summed E-state index contributed by atoms with van der Waals surface area (Å²) in [5, 5.41) is 2.58. The molecule has 9 rings (SSSR count). The van der Waals surface area contributed by atoms with E-state index in [2.05, 4.69) is 169 Å².